The van der Waals surface area contributed by atoms with Gasteiger partial charge in [-0.25, -0.2) is 0 Å². The van der Waals surface area contributed by atoms with Gasteiger partial charge in [0.25, 0.3) is 0 Å². The SMILES string of the molecule is CCCNC1CCN(CC2CCC(C)O2)CC1CC. The first-order valence-electron chi connectivity index (χ1n) is 8.34. The summed E-state index contributed by atoms with van der Waals surface area (Å²) in [6.07, 6.45) is 7.32. The van der Waals surface area contributed by atoms with Crippen LogP contribution in [0, 0.1) is 5.92 Å². The monoisotopic (exact) mass is 268 g/mol. The standard InChI is InChI=1S/C16H32N2O/c1-4-9-17-16-8-10-18(11-14(16)5-2)12-15-7-6-13(3)19-15/h13-17H,4-12H2,1-3H3. The Morgan fingerprint density at radius 3 is 2.68 bits per heavy atom. The van der Waals surface area contributed by atoms with Gasteiger partial charge in [0, 0.05) is 19.1 Å². The lowest BCUT2D eigenvalue weighted by molar-refractivity contribution is 0.0173. The molecule has 112 valence electrons. The normalized spacial score (nSPS) is 36.8. The fraction of sp³-hybridized carbons (Fsp3) is 1.00. The van der Waals surface area contributed by atoms with E-state index in [0.29, 0.717) is 12.2 Å². The zero-order valence-corrected chi connectivity index (χ0v) is 13.0. The van der Waals surface area contributed by atoms with E-state index in [2.05, 4.69) is 31.0 Å². The van der Waals surface area contributed by atoms with E-state index in [9.17, 15) is 0 Å². The molecule has 2 saturated heterocycles. The largest absolute Gasteiger partial charge is 0.374 e. The molecule has 0 radical (unpaired) electrons. The molecule has 2 heterocycles. The van der Waals surface area contributed by atoms with Crippen molar-refractivity contribution in [2.24, 2.45) is 5.92 Å². The Labute approximate surface area is 119 Å². The second kappa shape index (κ2) is 7.61. The van der Waals surface area contributed by atoms with Crippen LogP contribution in [0.4, 0.5) is 0 Å². The van der Waals surface area contributed by atoms with Crippen LogP contribution in [0.5, 0.6) is 0 Å². The first kappa shape index (κ1) is 15.3. The average molecular weight is 268 g/mol. The van der Waals surface area contributed by atoms with Crippen molar-refractivity contribution < 1.29 is 4.74 Å². The summed E-state index contributed by atoms with van der Waals surface area (Å²) in [6, 6.07) is 0.740. The zero-order valence-electron chi connectivity index (χ0n) is 13.0. The smallest absolute Gasteiger partial charge is 0.0706 e. The fourth-order valence-corrected chi connectivity index (χ4v) is 3.59. The highest BCUT2D eigenvalue weighted by atomic mass is 16.5. The van der Waals surface area contributed by atoms with Crippen molar-refractivity contribution in [2.45, 2.75) is 71.1 Å². The van der Waals surface area contributed by atoms with Crippen LogP contribution in [0.3, 0.4) is 0 Å². The number of ether oxygens (including phenoxy) is 1. The van der Waals surface area contributed by atoms with Crippen LogP contribution in [0.1, 0.15) is 52.9 Å². The van der Waals surface area contributed by atoms with Gasteiger partial charge in [0.15, 0.2) is 0 Å². The van der Waals surface area contributed by atoms with Crippen molar-refractivity contribution in [1.82, 2.24) is 10.2 Å². The van der Waals surface area contributed by atoms with E-state index in [1.54, 1.807) is 0 Å². The molecule has 2 rings (SSSR count). The lowest BCUT2D eigenvalue weighted by Gasteiger charge is -2.39. The van der Waals surface area contributed by atoms with E-state index in [-0.39, 0.29) is 0 Å². The molecule has 2 fully saturated rings. The molecule has 0 amide bonds. The minimum Gasteiger partial charge on any atom is -0.374 e. The van der Waals surface area contributed by atoms with Crippen LogP contribution < -0.4 is 5.32 Å². The first-order chi connectivity index (χ1) is 9.22. The van der Waals surface area contributed by atoms with Gasteiger partial charge in [-0.15, -0.1) is 0 Å². The van der Waals surface area contributed by atoms with Gasteiger partial charge < -0.3 is 15.0 Å². The Bertz CT molecular complexity index is 259. The molecule has 2 aliphatic heterocycles. The van der Waals surface area contributed by atoms with Gasteiger partial charge >= 0.3 is 0 Å². The maximum absolute atomic E-state index is 5.97. The number of nitrogens with one attached hydrogen (secondary N) is 1. The van der Waals surface area contributed by atoms with Crippen molar-refractivity contribution in [2.75, 3.05) is 26.2 Å². The van der Waals surface area contributed by atoms with Crippen LogP contribution in [-0.4, -0.2) is 49.3 Å². The first-order valence-corrected chi connectivity index (χ1v) is 8.34. The molecule has 0 aromatic heterocycles. The molecule has 4 atom stereocenters. The second-order valence-electron chi connectivity index (χ2n) is 6.42. The Morgan fingerprint density at radius 2 is 2.05 bits per heavy atom. The van der Waals surface area contributed by atoms with Gasteiger partial charge in [-0.1, -0.05) is 20.3 Å². The molecule has 3 heteroatoms. The highest BCUT2D eigenvalue weighted by molar-refractivity contribution is 4.86. The number of hydrogen-bond acceptors (Lipinski definition) is 3. The maximum atomic E-state index is 5.97. The number of piperidine rings is 1. The summed E-state index contributed by atoms with van der Waals surface area (Å²) in [5.41, 5.74) is 0. The molecule has 0 aromatic carbocycles. The number of likely N-dealkylation sites (tertiary alicyclic amines) is 1. The quantitative estimate of drug-likeness (QED) is 0.801. The molecule has 0 aliphatic carbocycles. The molecule has 0 spiro atoms. The zero-order chi connectivity index (χ0) is 13.7. The Morgan fingerprint density at radius 1 is 1.21 bits per heavy atom. The summed E-state index contributed by atoms with van der Waals surface area (Å²) in [4.78, 5) is 2.64. The van der Waals surface area contributed by atoms with E-state index in [1.165, 1.54) is 51.7 Å². The van der Waals surface area contributed by atoms with Gasteiger partial charge in [0.1, 0.15) is 0 Å². The summed E-state index contributed by atoms with van der Waals surface area (Å²) in [6.45, 7) is 11.6. The molecule has 3 nitrogen and oxygen atoms in total. The van der Waals surface area contributed by atoms with Crippen molar-refractivity contribution in [3.63, 3.8) is 0 Å². The maximum Gasteiger partial charge on any atom is 0.0706 e. The van der Waals surface area contributed by atoms with Gasteiger partial charge in [0.05, 0.1) is 12.2 Å². The lowest BCUT2D eigenvalue weighted by Crippen LogP contribution is -2.50. The second-order valence-corrected chi connectivity index (χ2v) is 6.42. The van der Waals surface area contributed by atoms with Crippen LogP contribution in [0.15, 0.2) is 0 Å². The Balaban J connectivity index is 1.76. The topological polar surface area (TPSA) is 24.5 Å². The molecule has 1 N–H and O–H groups in total. The molecule has 0 aromatic rings. The molecule has 19 heavy (non-hydrogen) atoms. The third-order valence-corrected chi connectivity index (χ3v) is 4.78. The fourth-order valence-electron chi connectivity index (χ4n) is 3.59. The van der Waals surface area contributed by atoms with E-state index in [4.69, 9.17) is 4.74 Å². The van der Waals surface area contributed by atoms with Crippen LogP contribution in [-0.2, 0) is 4.74 Å². The molecule has 2 aliphatic rings. The Kier molecular flexibility index (Phi) is 6.11. The van der Waals surface area contributed by atoms with E-state index < -0.39 is 0 Å². The predicted octanol–water partition coefficient (Wildman–Crippen LogP) is 2.65. The number of nitrogens with zero attached hydrogens (tertiary/aromatic N) is 1. The van der Waals surface area contributed by atoms with Crippen molar-refractivity contribution >= 4 is 0 Å². The van der Waals surface area contributed by atoms with Gasteiger partial charge in [-0.05, 0) is 51.6 Å². The summed E-state index contributed by atoms with van der Waals surface area (Å²) in [5.74, 6) is 0.819. The minimum absolute atomic E-state index is 0.482. The van der Waals surface area contributed by atoms with Gasteiger partial charge in [-0.3, -0.25) is 0 Å². The van der Waals surface area contributed by atoms with Crippen molar-refractivity contribution in [3.8, 4) is 0 Å². The van der Waals surface area contributed by atoms with Crippen LogP contribution >= 0.6 is 0 Å². The minimum atomic E-state index is 0.482. The lowest BCUT2D eigenvalue weighted by atomic mass is 9.89. The molecule has 0 saturated carbocycles. The summed E-state index contributed by atoms with van der Waals surface area (Å²) >= 11 is 0. The van der Waals surface area contributed by atoms with E-state index in [1.807, 2.05) is 0 Å². The third kappa shape index (κ3) is 4.44. The average Bonchev–Trinajstić information content (AvgIpc) is 2.82. The summed E-state index contributed by atoms with van der Waals surface area (Å²) < 4.78 is 5.97. The Hall–Kier alpha value is -0.120. The van der Waals surface area contributed by atoms with Crippen molar-refractivity contribution in [1.29, 1.82) is 0 Å². The summed E-state index contributed by atoms with van der Waals surface area (Å²) in [7, 11) is 0. The van der Waals surface area contributed by atoms with E-state index >= 15 is 0 Å². The van der Waals surface area contributed by atoms with Crippen LogP contribution in [0.25, 0.3) is 0 Å². The number of rotatable bonds is 6. The summed E-state index contributed by atoms with van der Waals surface area (Å²) in [5, 5.41) is 3.74. The van der Waals surface area contributed by atoms with E-state index in [0.717, 1.165) is 18.5 Å². The third-order valence-electron chi connectivity index (χ3n) is 4.78. The van der Waals surface area contributed by atoms with Gasteiger partial charge in [0.2, 0.25) is 0 Å². The highest BCUT2D eigenvalue weighted by Crippen LogP contribution is 2.24. The predicted molar refractivity (Wildman–Crippen MR) is 80.5 cm³/mol. The number of hydrogen-bond donors (Lipinski definition) is 1. The van der Waals surface area contributed by atoms with Gasteiger partial charge in [-0.2, -0.15) is 0 Å². The molecular weight excluding hydrogens is 236 g/mol. The molecular formula is C16H32N2O. The van der Waals surface area contributed by atoms with Crippen LogP contribution in [0.2, 0.25) is 0 Å². The molecule has 4 unspecified atom stereocenters. The molecule has 0 bridgehead atoms. The van der Waals surface area contributed by atoms with Crippen molar-refractivity contribution in [3.05, 3.63) is 0 Å². The highest BCUT2D eigenvalue weighted by Gasteiger charge is 2.30.